The molecule has 0 saturated carbocycles. The van der Waals surface area contributed by atoms with Crippen LogP contribution < -0.4 is 5.32 Å². The Morgan fingerprint density at radius 2 is 2.00 bits per heavy atom. The molecule has 3 N–H and O–H groups in total. The number of benzene rings is 1. The summed E-state index contributed by atoms with van der Waals surface area (Å²) in [4.78, 5) is 0. The van der Waals surface area contributed by atoms with Crippen LogP contribution in [0.3, 0.4) is 0 Å². The van der Waals surface area contributed by atoms with Gasteiger partial charge in [-0.1, -0.05) is 36.4 Å². The average Bonchev–Trinajstić information content (AvgIpc) is 2.31. The first-order chi connectivity index (χ1) is 7.75. The Labute approximate surface area is 96.0 Å². The van der Waals surface area contributed by atoms with Crippen LogP contribution in [0.15, 0.2) is 41.9 Å². The van der Waals surface area contributed by atoms with E-state index in [4.69, 9.17) is 10.0 Å². The minimum atomic E-state index is -1.31. The van der Waals surface area contributed by atoms with Crippen LogP contribution in [0.2, 0.25) is 0 Å². The molecular weight excluding hydrogens is 201 g/mol. The van der Waals surface area contributed by atoms with Crippen LogP contribution in [-0.4, -0.2) is 29.8 Å². The second-order valence-electron chi connectivity index (χ2n) is 4.16. The van der Waals surface area contributed by atoms with Crippen molar-refractivity contribution in [3.8, 4) is 0 Å². The van der Waals surface area contributed by atoms with Gasteiger partial charge >= 0.3 is 7.12 Å². The van der Waals surface area contributed by atoms with Crippen molar-refractivity contribution in [3.05, 3.63) is 47.4 Å². The molecule has 0 saturated heterocycles. The number of rotatable bonds is 3. The summed E-state index contributed by atoms with van der Waals surface area (Å²) in [5.41, 5.74) is 1.98. The van der Waals surface area contributed by atoms with Gasteiger partial charge in [0.25, 0.3) is 0 Å². The molecule has 16 heavy (non-hydrogen) atoms. The summed E-state index contributed by atoms with van der Waals surface area (Å²) >= 11 is 0. The zero-order chi connectivity index (χ0) is 11.4. The van der Waals surface area contributed by atoms with E-state index in [0.717, 1.165) is 12.8 Å². The fourth-order valence-electron chi connectivity index (χ4n) is 1.96. The molecule has 2 rings (SSSR count). The molecular formula is C12H16BNO2. The molecule has 1 atom stereocenters. The van der Waals surface area contributed by atoms with Gasteiger partial charge in [-0.3, -0.25) is 0 Å². The molecule has 4 heteroatoms. The first kappa shape index (κ1) is 11.4. The Morgan fingerprint density at radius 3 is 2.56 bits per heavy atom. The highest BCUT2D eigenvalue weighted by atomic mass is 16.4. The lowest BCUT2D eigenvalue weighted by molar-refractivity contribution is 0.410. The largest absolute Gasteiger partial charge is 0.485 e. The average molecular weight is 217 g/mol. The second-order valence-corrected chi connectivity index (χ2v) is 4.16. The van der Waals surface area contributed by atoms with E-state index in [9.17, 15) is 0 Å². The molecule has 0 bridgehead atoms. The highest BCUT2D eigenvalue weighted by Gasteiger charge is 2.20. The Morgan fingerprint density at radius 1 is 1.25 bits per heavy atom. The lowest BCUT2D eigenvalue weighted by Crippen LogP contribution is -2.39. The van der Waals surface area contributed by atoms with E-state index in [-0.39, 0.29) is 0 Å². The maximum absolute atomic E-state index is 9.00. The minimum absolute atomic E-state index is 0.393. The summed E-state index contributed by atoms with van der Waals surface area (Å²) in [5, 5.41) is 21.3. The van der Waals surface area contributed by atoms with E-state index in [1.54, 1.807) is 0 Å². The van der Waals surface area contributed by atoms with Gasteiger partial charge in [0, 0.05) is 12.6 Å². The van der Waals surface area contributed by atoms with E-state index >= 15 is 0 Å². The van der Waals surface area contributed by atoms with Gasteiger partial charge in [-0.05, 0) is 23.9 Å². The topological polar surface area (TPSA) is 52.5 Å². The molecule has 1 aromatic rings. The molecule has 0 fully saturated rings. The standard InChI is InChI=1S/C12H16BNO2/c15-13(16)11-6-7-12(14-9-11)8-10-4-2-1-3-5-10/h1-6,12,14-16H,7-9H2. The third-order valence-electron chi connectivity index (χ3n) is 2.92. The Balaban J connectivity index is 1.91. The summed E-state index contributed by atoms with van der Waals surface area (Å²) in [5.74, 6) is 0. The van der Waals surface area contributed by atoms with Crippen molar-refractivity contribution < 1.29 is 10.0 Å². The third-order valence-corrected chi connectivity index (χ3v) is 2.92. The highest BCUT2D eigenvalue weighted by molar-refractivity contribution is 6.50. The van der Waals surface area contributed by atoms with Gasteiger partial charge in [-0.15, -0.1) is 0 Å². The van der Waals surface area contributed by atoms with E-state index in [0.29, 0.717) is 18.1 Å². The zero-order valence-electron chi connectivity index (χ0n) is 9.13. The third kappa shape index (κ3) is 2.95. The monoisotopic (exact) mass is 217 g/mol. The van der Waals surface area contributed by atoms with Crippen LogP contribution in [0.1, 0.15) is 12.0 Å². The Hall–Kier alpha value is -1.10. The fourth-order valence-corrected chi connectivity index (χ4v) is 1.96. The number of hydrogen-bond donors (Lipinski definition) is 3. The Bertz CT molecular complexity index is 365. The van der Waals surface area contributed by atoms with Gasteiger partial charge in [0.2, 0.25) is 0 Å². The van der Waals surface area contributed by atoms with Gasteiger partial charge in [0.1, 0.15) is 0 Å². The lowest BCUT2D eigenvalue weighted by Gasteiger charge is -2.23. The van der Waals surface area contributed by atoms with Crippen molar-refractivity contribution in [2.75, 3.05) is 6.54 Å². The molecule has 1 aliphatic rings. The maximum Gasteiger partial charge on any atom is 0.485 e. The van der Waals surface area contributed by atoms with Crippen LogP contribution in [0, 0.1) is 0 Å². The van der Waals surface area contributed by atoms with Crippen LogP contribution in [0.4, 0.5) is 0 Å². The predicted molar refractivity (Wildman–Crippen MR) is 64.8 cm³/mol. The lowest BCUT2D eigenvalue weighted by atomic mass is 9.76. The quantitative estimate of drug-likeness (QED) is 0.647. The number of hydrogen-bond acceptors (Lipinski definition) is 3. The summed E-state index contributed by atoms with van der Waals surface area (Å²) in [6, 6.07) is 10.7. The highest BCUT2D eigenvalue weighted by Crippen LogP contribution is 2.12. The fraction of sp³-hybridized carbons (Fsp3) is 0.333. The van der Waals surface area contributed by atoms with Crippen molar-refractivity contribution >= 4 is 7.12 Å². The van der Waals surface area contributed by atoms with Gasteiger partial charge < -0.3 is 15.4 Å². The normalized spacial score (nSPS) is 20.4. The Kier molecular flexibility index (Phi) is 3.77. The molecule has 1 aliphatic heterocycles. The van der Waals surface area contributed by atoms with Crippen molar-refractivity contribution in [3.63, 3.8) is 0 Å². The zero-order valence-corrected chi connectivity index (χ0v) is 9.13. The summed E-state index contributed by atoms with van der Waals surface area (Å²) < 4.78 is 0. The van der Waals surface area contributed by atoms with Crippen molar-refractivity contribution in [1.29, 1.82) is 0 Å². The van der Waals surface area contributed by atoms with Crippen molar-refractivity contribution in [2.24, 2.45) is 0 Å². The van der Waals surface area contributed by atoms with E-state index < -0.39 is 7.12 Å². The molecule has 0 amide bonds. The van der Waals surface area contributed by atoms with Crippen molar-refractivity contribution in [1.82, 2.24) is 5.32 Å². The smallest absolute Gasteiger partial charge is 0.423 e. The van der Waals surface area contributed by atoms with Gasteiger partial charge in [0.15, 0.2) is 0 Å². The summed E-state index contributed by atoms with van der Waals surface area (Å²) in [6.07, 6.45) is 3.75. The number of nitrogens with one attached hydrogen (secondary N) is 1. The molecule has 84 valence electrons. The molecule has 0 spiro atoms. The maximum atomic E-state index is 9.00. The molecule has 1 heterocycles. The minimum Gasteiger partial charge on any atom is -0.423 e. The van der Waals surface area contributed by atoms with E-state index in [1.165, 1.54) is 5.56 Å². The molecule has 1 aromatic carbocycles. The van der Waals surface area contributed by atoms with Gasteiger partial charge in [-0.2, -0.15) is 0 Å². The summed E-state index contributed by atoms with van der Waals surface area (Å²) in [7, 11) is -1.31. The molecule has 0 aromatic heterocycles. The van der Waals surface area contributed by atoms with Crippen molar-refractivity contribution in [2.45, 2.75) is 18.9 Å². The van der Waals surface area contributed by atoms with Crippen LogP contribution in [-0.2, 0) is 6.42 Å². The second kappa shape index (κ2) is 5.30. The SMILES string of the molecule is OB(O)C1=CCC(Cc2ccccc2)NC1. The predicted octanol–water partition coefficient (Wildman–Crippen LogP) is 0.529. The van der Waals surface area contributed by atoms with Gasteiger partial charge in [-0.25, -0.2) is 0 Å². The first-order valence-electron chi connectivity index (χ1n) is 5.58. The van der Waals surface area contributed by atoms with Crippen LogP contribution in [0.5, 0.6) is 0 Å². The molecule has 0 radical (unpaired) electrons. The van der Waals surface area contributed by atoms with Gasteiger partial charge in [0.05, 0.1) is 0 Å². The first-order valence-corrected chi connectivity index (χ1v) is 5.58. The molecule has 0 aliphatic carbocycles. The van der Waals surface area contributed by atoms with E-state index in [1.807, 2.05) is 24.3 Å². The van der Waals surface area contributed by atoms with Crippen LogP contribution >= 0.6 is 0 Å². The van der Waals surface area contributed by atoms with Crippen LogP contribution in [0.25, 0.3) is 0 Å². The molecule has 1 unspecified atom stereocenters. The summed E-state index contributed by atoms with van der Waals surface area (Å²) in [6.45, 7) is 0.565. The van der Waals surface area contributed by atoms with E-state index in [2.05, 4.69) is 17.4 Å². The molecule has 3 nitrogen and oxygen atoms in total.